The maximum absolute atomic E-state index is 13.2. The van der Waals surface area contributed by atoms with Gasteiger partial charge < -0.3 is 19.8 Å². The minimum atomic E-state index is -1.93. The summed E-state index contributed by atoms with van der Waals surface area (Å²) in [5.74, 6) is -0.207. The quantitative estimate of drug-likeness (QED) is 0.695. The number of phenolic OH excluding ortho intramolecular Hbond substituents is 1. The van der Waals surface area contributed by atoms with Gasteiger partial charge in [-0.1, -0.05) is 38.0 Å². The number of fused-ring (bicyclic) bond motifs is 1. The Hall–Kier alpha value is -2.05. The van der Waals surface area contributed by atoms with Crippen LogP contribution in [0.2, 0.25) is 0 Å². The molecule has 1 atom stereocenters. The number of amides is 1. The molecule has 0 bridgehead atoms. The van der Waals surface area contributed by atoms with E-state index in [2.05, 4.69) is 22.9 Å². The molecule has 6 heteroatoms. The van der Waals surface area contributed by atoms with E-state index in [1.165, 1.54) is 13.2 Å². The molecule has 3 rings (SSSR count). The van der Waals surface area contributed by atoms with Crippen molar-refractivity contribution in [1.29, 1.82) is 0 Å². The van der Waals surface area contributed by atoms with Crippen LogP contribution >= 0.6 is 15.9 Å². The van der Waals surface area contributed by atoms with Crippen molar-refractivity contribution in [3.63, 3.8) is 0 Å². The molecule has 0 saturated heterocycles. The highest BCUT2D eigenvalue weighted by molar-refractivity contribution is 9.10. The maximum Gasteiger partial charge on any atom is 0.268 e. The molecule has 0 aromatic heterocycles. The number of methoxy groups -OCH3 is 1. The Morgan fingerprint density at radius 2 is 1.92 bits per heavy atom. The fourth-order valence-corrected chi connectivity index (χ4v) is 3.93. The third-order valence-corrected chi connectivity index (χ3v) is 5.40. The number of para-hydroxylation sites is 1. The highest BCUT2D eigenvalue weighted by Gasteiger charge is 2.52. The number of halogens is 1. The number of ether oxygens (including phenoxy) is 1. The van der Waals surface area contributed by atoms with E-state index in [4.69, 9.17) is 4.74 Å². The summed E-state index contributed by atoms with van der Waals surface area (Å²) >= 11 is 3.37. The molecule has 1 heterocycles. The Morgan fingerprint density at radius 3 is 2.62 bits per heavy atom. The van der Waals surface area contributed by atoms with E-state index < -0.39 is 11.5 Å². The molecule has 1 aliphatic rings. The molecule has 1 unspecified atom stereocenters. The van der Waals surface area contributed by atoms with Crippen molar-refractivity contribution in [3.05, 3.63) is 52.0 Å². The van der Waals surface area contributed by atoms with Crippen LogP contribution in [-0.2, 0) is 10.4 Å². The van der Waals surface area contributed by atoms with Gasteiger partial charge in [-0.25, -0.2) is 0 Å². The number of phenols is 1. The van der Waals surface area contributed by atoms with E-state index in [-0.39, 0.29) is 11.3 Å². The second kappa shape index (κ2) is 7.29. The van der Waals surface area contributed by atoms with Crippen LogP contribution in [0.3, 0.4) is 0 Å². The van der Waals surface area contributed by atoms with Crippen molar-refractivity contribution in [3.8, 4) is 11.5 Å². The molecule has 138 valence electrons. The summed E-state index contributed by atoms with van der Waals surface area (Å²) in [5, 5.41) is 22.0. The normalized spacial score (nSPS) is 18.9. The number of carbonyl (C=O) groups excluding carboxylic acids is 1. The van der Waals surface area contributed by atoms with Crippen molar-refractivity contribution >= 4 is 27.5 Å². The van der Waals surface area contributed by atoms with Crippen LogP contribution in [0.5, 0.6) is 11.5 Å². The van der Waals surface area contributed by atoms with Gasteiger partial charge in [0.05, 0.1) is 17.3 Å². The summed E-state index contributed by atoms with van der Waals surface area (Å²) in [6, 6.07) is 10.1. The molecule has 0 fully saturated rings. The van der Waals surface area contributed by atoms with Gasteiger partial charge >= 0.3 is 0 Å². The number of benzene rings is 2. The van der Waals surface area contributed by atoms with Gasteiger partial charge in [0.25, 0.3) is 5.91 Å². The number of anilines is 1. The summed E-state index contributed by atoms with van der Waals surface area (Å²) in [4.78, 5) is 14.8. The van der Waals surface area contributed by atoms with Crippen molar-refractivity contribution < 1.29 is 19.7 Å². The van der Waals surface area contributed by atoms with Crippen LogP contribution in [0.25, 0.3) is 0 Å². The monoisotopic (exact) mass is 419 g/mol. The molecule has 2 aromatic rings. The Labute approximate surface area is 161 Å². The molecule has 1 aliphatic heterocycles. The number of rotatable bonds is 6. The first-order chi connectivity index (χ1) is 12.4. The molecule has 0 aliphatic carbocycles. The SMILES string of the molecule is CCCCCN1C(=O)C(O)(c2cc(Br)c(OC)cc2O)c2ccccc21. The first-order valence-corrected chi connectivity index (χ1v) is 9.45. The van der Waals surface area contributed by atoms with Crippen molar-refractivity contribution in [1.82, 2.24) is 0 Å². The van der Waals surface area contributed by atoms with Crippen molar-refractivity contribution in [2.45, 2.75) is 31.8 Å². The smallest absolute Gasteiger partial charge is 0.268 e. The number of aliphatic hydroxyl groups is 1. The Balaban J connectivity index is 2.12. The molecule has 0 spiro atoms. The number of hydrogen-bond donors (Lipinski definition) is 2. The van der Waals surface area contributed by atoms with Crippen molar-refractivity contribution in [2.24, 2.45) is 0 Å². The summed E-state index contributed by atoms with van der Waals surface area (Å²) in [6.07, 6.45) is 2.90. The lowest BCUT2D eigenvalue weighted by molar-refractivity contribution is -0.132. The summed E-state index contributed by atoms with van der Waals surface area (Å²) in [5.41, 5.74) is -0.626. The second-order valence-electron chi connectivity index (χ2n) is 6.40. The summed E-state index contributed by atoms with van der Waals surface area (Å²) in [7, 11) is 1.49. The zero-order chi connectivity index (χ0) is 18.9. The Bertz CT molecular complexity index is 839. The van der Waals surface area contributed by atoms with Gasteiger partial charge in [0.15, 0.2) is 5.60 Å². The Morgan fingerprint density at radius 1 is 1.19 bits per heavy atom. The summed E-state index contributed by atoms with van der Waals surface area (Å²) in [6.45, 7) is 2.63. The minimum absolute atomic E-state index is 0.139. The number of nitrogens with zero attached hydrogens (tertiary/aromatic N) is 1. The molecule has 2 N–H and O–H groups in total. The number of hydrogen-bond acceptors (Lipinski definition) is 4. The van der Waals surface area contributed by atoms with Gasteiger partial charge in [-0.15, -0.1) is 0 Å². The third-order valence-electron chi connectivity index (χ3n) is 4.78. The molecule has 0 radical (unpaired) electrons. The molecule has 2 aromatic carbocycles. The molecular formula is C20H22BrNO4. The van der Waals surface area contributed by atoms with E-state index in [1.807, 2.05) is 12.1 Å². The zero-order valence-corrected chi connectivity index (χ0v) is 16.4. The Kier molecular flexibility index (Phi) is 5.25. The first-order valence-electron chi connectivity index (χ1n) is 8.66. The first kappa shape index (κ1) is 18.7. The summed E-state index contributed by atoms with van der Waals surface area (Å²) < 4.78 is 5.73. The molecule has 26 heavy (non-hydrogen) atoms. The largest absolute Gasteiger partial charge is 0.507 e. The topological polar surface area (TPSA) is 70.0 Å². The van der Waals surface area contributed by atoms with E-state index in [1.54, 1.807) is 23.1 Å². The number of unbranched alkanes of at least 4 members (excludes halogenated alkanes) is 2. The van der Waals surface area contributed by atoms with Crippen LogP contribution in [0.15, 0.2) is 40.9 Å². The second-order valence-corrected chi connectivity index (χ2v) is 7.25. The predicted molar refractivity (Wildman–Crippen MR) is 104 cm³/mol. The van der Waals surface area contributed by atoms with Crippen LogP contribution in [0.4, 0.5) is 5.69 Å². The van der Waals surface area contributed by atoms with Gasteiger partial charge in [0.1, 0.15) is 11.5 Å². The highest BCUT2D eigenvalue weighted by atomic mass is 79.9. The maximum atomic E-state index is 13.2. The van der Waals surface area contributed by atoms with E-state index in [9.17, 15) is 15.0 Å². The van der Waals surface area contributed by atoms with Crippen LogP contribution in [0.1, 0.15) is 37.3 Å². The van der Waals surface area contributed by atoms with E-state index in [0.29, 0.717) is 28.0 Å². The zero-order valence-electron chi connectivity index (χ0n) is 14.8. The van der Waals surface area contributed by atoms with Crippen LogP contribution < -0.4 is 9.64 Å². The van der Waals surface area contributed by atoms with Crippen LogP contribution in [0, 0.1) is 0 Å². The van der Waals surface area contributed by atoms with Gasteiger partial charge in [0, 0.05) is 23.7 Å². The average molecular weight is 420 g/mol. The molecule has 0 saturated carbocycles. The molecule has 1 amide bonds. The molecule has 5 nitrogen and oxygen atoms in total. The standard InChI is InChI=1S/C20H22BrNO4/c1-3-4-7-10-22-16-9-6-5-8-13(16)20(25,19(22)24)14-11-15(21)18(26-2)12-17(14)23/h5-6,8-9,11-12,23,25H,3-4,7,10H2,1-2H3. The van der Waals surface area contributed by atoms with Gasteiger partial charge in [0.2, 0.25) is 0 Å². The van der Waals surface area contributed by atoms with E-state index >= 15 is 0 Å². The van der Waals surface area contributed by atoms with Gasteiger partial charge in [-0.2, -0.15) is 0 Å². The third kappa shape index (κ3) is 2.87. The van der Waals surface area contributed by atoms with E-state index in [0.717, 1.165) is 19.3 Å². The lowest BCUT2D eigenvalue weighted by Gasteiger charge is -2.25. The van der Waals surface area contributed by atoms with Crippen molar-refractivity contribution in [2.75, 3.05) is 18.6 Å². The highest BCUT2D eigenvalue weighted by Crippen LogP contribution is 2.48. The predicted octanol–water partition coefficient (Wildman–Crippen LogP) is 3.94. The van der Waals surface area contributed by atoms with Gasteiger partial charge in [-0.05, 0) is 34.5 Å². The van der Waals surface area contributed by atoms with Gasteiger partial charge in [-0.3, -0.25) is 4.79 Å². The number of aromatic hydroxyl groups is 1. The lowest BCUT2D eigenvalue weighted by Crippen LogP contribution is -2.41. The lowest BCUT2D eigenvalue weighted by atomic mass is 9.87. The molecular weight excluding hydrogens is 398 g/mol. The minimum Gasteiger partial charge on any atom is -0.507 e. The average Bonchev–Trinajstić information content (AvgIpc) is 2.86. The fraction of sp³-hybridized carbons (Fsp3) is 0.350. The number of carbonyl (C=O) groups is 1. The fourth-order valence-electron chi connectivity index (χ4n) is 3.43. The van der Waals surface area contributed by atoms with Crippen LogP contribution in [-0.4, -0.2) is 29.8 Å².